The van der Waals surface area contributed by atoms with Crippen LogP contribution in [-0.2, 0) is 9.47 Å². The van der Waals surface area contributed by atoms with Gasteiger partial charge in [-0.25, -0.2) is 14.5 Å². The van der Waals surface area contributed by atoms with Crippen LogP contribution in [0.2, 0.25) is 0 Å². The molecular formula is C19H23N3O3. The van der Waals surface area contributed by atoms with E-state index in [2.05, 4.69) is 23.9 Å². The summed E-state index contributed by atoms with van der Waals surface area (Å²) in [6.45, 7) is 6.82. The predicted octanol–water partition coefficient (Wildman–Crippen LogP) is 2.94. The molecule has 2 aliphatic rings. The van der Waals surface area contributed by atoms with Crippen molar-refractivity contribution in [1.82, 2.24) is 14.8 Å². The first-order valence-corrected chi connectivity index (χ1v) is 8.80. The van der Waals surface area contributed by atoms with Crippen LogP contribution in [0, 0.1) is 18.3 Å². The molecule has 2 heterocycles. The monoisotopic (exact) mass is 341 g/mol. The van der Waals surface area contributed by atoms with Crippen molar-refractivity contribution < 1.29 is 14.3 Å². The zero-order valence-corrected chi connectivity index (χ0v) is 14.8. The summed E-state index contributed by atoms with van der Waals surface area (Å²) in [4.78, 5) is 16.9. The van der Waals surface area contributed by atoms with Crippen LogP contribution in [0.5, 0.6) is 0 Å². The molecule has 0 amide bonds. The first kappa shape index (κ1) is 16.3. The highest BCUT2D eigenvalue weighted by atomic mass is 16.6. The van der Waals surface area contributed by atoms with Gasteiger partial charge in [-0.2, -0.15) is 0 Å². The van der Waals surface area contributed by atoms with Gasteiger partial charge in [-0.3, -0.25) is 0 Å². The van der Waals surface area contributed by atoms with Crippen LogP contribution in [0.25, 0.3) is 5.69 Å². The number of ether oxygens (including phenoxy) is 2. The van der Waals surface area contributed by atoms with Gasteiger partial charge < -0.3 is 9.47 Å². The van der Waals surface area contributed by atoms with Gasteiger partial charge in [0.2, 0.25) is 0 Å². The lowest BCUT2D eigenvalue weighted by Gasteiger charge is -2.58. The molecule has 6 heteroatoms. The van der Waals surface area contributed by atoms with E-state index in [1.807, 2.05) is 37.3 Å². The van der Waals surface area contributed by atoms with Gasteiger partial charge in [0.15, 0.2) is 0 Å². The molecule has 25 heavy (non-hydrogen) atoms. The van der Waals surface area contributed by atoms with Crippen LogP contribution in [0.1, 0.15) is 43.1 Å². The Balaban J connectivity index is 1.52. The zero-order valence-electron chi connectivity index (χ0n) is 14.8. The Bertz CT molecular complexity index is 784. The van der Waals surface area contributed by atoms with E-state index in [4.69, 9.17) is 9.47 Å². The first-order valence-electron chi connectivity index (χ1n) is 8.80. The molecule has 3 atom stereocenters. The van der Waals surface area contributed by atoms with Gasteiger partial charge in [0.25, 0.3) is 5.82 Å². The van der Waals surface area contributed by atoms with Gasteiger partial charge in [-0.1, -0.05) is 32.0 Å². The second-order valence-electron chi connectivity index (χ2n) is 7.47. The maximum atomic E-state index is 12.6. The molecule has 0 unspecified atom stereocenters. The smallest absolute Gasteiger partial charge is 0.378 e. The third-order valence-electron chi connectivity index (χ3n) is 5.41. The summed E-state index contributed by atoms with van der Waals surface area (Å²) < 4.78 is 13.3. The van der Waals surface area contributed by atoms with Crippen molar-refractivity contribution in [3.8, 4) is 5.69 Å². The van der Waals surface area contributed by atoms with E-state index in [9.17, 15) is 4.79 Å². The van der Waals surface area contributed by atoms with Gasteiger partial charge in [-0.15, -0.1) is 5.10 Å². The molecule has 1 saturated heterocycles. The number of aromatic nitrogens is 3. The quantitative estimate of drug-likeness (QED) is 0.803. The number of carbonyl (C=O) groups excluding carboxylic acids is 1. The molecule has 0 spiro atoms. The number of nitrogens with zero attached hydrogens (tertiary/aromatic N) is 3. The summed E-state index contributed by atoms with van der Waals surface area (Å²) in [5.74, 6) is 0.590. The average Bonchev–Trinajstić information content (AvgIpc) is 3.02. The summed E-state index contributed by atoms with van der Waals surface area (Å²) in [5, 5.41) is 4.34. The second-order valence-corrected chi connectivity index (χ2v) is 7.47. The maximum absolute atomic E-state index is 12.6. The molecule has 0 radical (unpaired) electrons. The number of esters is 1. The highest BCUT2D eigenvalue weighted by Crippen LogP contribution is 2.53. The number of fused-ring (bicyclic) bond motifs is 1. The van der Waals surface area contributed by atoms with E-state index in [0.717, 1.165) is 25.1 Å². The van der Waals surface area contributed by atoms with Crippen molar-refractivity contribution in [2.75, 3.05) is 6.61 Å². The summed E-state index contributed by atoms with van der Waals surface area (Å²) in [6.07, 6.45) is 2.09. The molecule has 0 bridgehead atoms. The summed E-state index contributed by atoms with van der Waals surface area (Å²) in [6, 6.07) is 9.64. The van der Waals surface area contributed by atoms with Crippen molar-refractivity contribution in [2.24, 2.45) is 11.3 Å². The minimum Gasteiger partial charge on any atom is -0.455 e. The lowest BCUT2D eigenvalue weighted by atomic mass is 9.57. The number of benzene rings is 1. The maximum Gasteiger partial charge on any atom is 0.378 e. The van der Waals surface area contributed by atoms with Gasteiger partial charge in [-0.05, 0) is 31.9 Å². The normalized spacial score (nSPS) is 27.2. The molecule has 0 N–H and O–H groups in total. The van der Waals surface area contributed by atoms with E-state index in [1.165, 1.54) is 0 Å². The Morgan fingerprint density at radius 3 is 2.84 bits per heavy atom. The lowest BCUT2D eigenvalue weighted by molar-refractivity contribution is -0.243. The van der Waals surface area contributed by atoms with E-state index >= 15 is 0 Å². The first-order chi connectivity index (χ1) is 12.0. The van der Waals surface area contributed by atoms with E-state index < -0.39 is 5.97 Å². The molecule has 2 fully saturated rings. The zero-order chi connectivity index (χ0) is 17.6. The van der Waals surface area contributed by atoms with Crippen LogP contribution in [0.4, 0.5) is 0 Å². The van der Waals surface area contributed by atoms with Crippen LogP contribution in [0.3, 0.4) is 0 Å². The number of carbonyl (C=O) groups is 1. The van der Waals surface area contributed by atoms with E-state index in [1.54, 1.807) is 4.68 Å². The molecule has 4 rings (SSSR count). The van der Waals surface area contributed by atoms with Crippen molar-refractivity contribution >= 4 is 5.97 Å². The standard InChI is InChI=1S/C19H23N3O3/c1-12-20-17(21-22(12)13-8-5-4-6-9-13)18(23)25-16-14-10-7-11-24-15(14)19(16,2)3/h4-6,8-9,14-16H,7,10-11H2,1-3H3/t14-,15-,16-/m1/s1. The Morgan fingerprint density at radius 2 is 2.08 bits per heavy atom. The Kier molecular flexibility index (Phi) is 3.87. The highest BCUT2D eigenvalue weighted by Gasteiger charge is 2.60. The minimum absolute atomic E-state index is 0.109. The van der Waals surface area contributed by atoms with Crippen LogP contribution < -0.4 is 0 Å². The minimum atomic E-state index is -0.458. The molecule has 1 aromatic carbocycles. The Morgan fingerprint density at radius 1 is 1.32 bits per heavy atom. The summed E-state index contributed by atoms with van der Waals surface area (Å²) in [5.41, 5.74) is 0.703. The molecule has 6 nitrogen and oxygen atoms in total. The second kappa shape index (κ2) is 5.95. The number of aryl methyl sites for hydroxylation is 1. The van der Waals surface area contributed by atoms with E-state index in [0.29, 0.717) is 5.82 Å². The SMILES string of the molecule is Cc1nc(C(=O)O[C@@H]2[C@@H]3CCCO[C@H]3C2(C)C)nn1-c1ccccc1. The van der Waals surface area contributed by atoms with Crippen LogP contribution in [0.15, 0.2) is 30.3 Å². The number of hydrogen-bond acceptors (Lipinski definition) is 5. The number of rotatable bonds is 3. The largest absolute Gasteiger partial charge is 0.455 e. The molecule has 1 aliphatic carbocycles. The van der Waals surface area contributed by atoms with Crippen molar-refractivity contribution in [2.45, 2.75) is 45.8 Å². The fourth-order valence-corrected chi connectivity index (χ4v) is 4.17. The molecule has 132 valence electrons. The fraction of sp³-hybridized carbons (Fsp3) is 0.526. The fourth-order valence-electron chi connectivity index (χ4n) is 4.17. The number of hydrogen-bond donors (Lipinski definition) is 0. The summed E-state index contributed by atoms with van der Waals surface area (Å²) >= 11 is 0. The highest BCUT2D eigenvalue weighted by molar-refractivity contribution is 5.85. The molecule has 1 saturated carbocycles. The van der Waals surface area contributed by atoms with Crippen LogP contribution in [-0.4, -0.2) is 39.5 Å². The molecule has 2 aromatic rings. The van der Waals surface area contributed by atoms with Gasteiger partial charge in [0, 0.05) is 17.9 Å². The Hall–Kier alpha value is -2.21. The molecule has 1 aromatic heterocycles. The van der Waals surface area contributed by atoms with Gasteiger partial charge in [0.1, 0.15) is 11.9 Å². The van der Waals surface area contributed by atoms with Gasteiger partial charge >= 0.3 is 5.97 Å². The van der Waals surface area contributed by atoms with Crippen LogP contribution >= 0.6 is 0 Å². The predicted molar refractivity (Wildman–Crippen MR) is 91.5 cm³/mol. The third kappa shape index (κ3) is 2.65. The Labute approximate surface area is 147 Å². The average molecular weight is 341 g/mol. The van der Waals surface area contributed by atoms with Crippen molar-refractivity contribution in [3.05, 3.63) is 42.0 Å². The summed E-state index contributed by atoms with van der Waals surface area (Å²) in [7, 11) is 0. The number of para-hydroxylation sites is 1. The topological polar surface area (TPSA) is 66.2 Å². The van der Waals surface area contributed by atoms with E-state index in [-0.39, 0.29) is 29.4 Å². The van der Waals surface area contributed by atoms with Gasteiger partial charge in [0.05, 0.1) is 11.8 Å². The lowest BCUT2D eigenvalue weighted by Crippen LogP contribution is -2.65. The van der Waals surface area contributed by atoms with Crippen molar-refractivity contribution in [3.63, 3.8) is 0 Å². The molecular weight excluding hydrogens is 318 g/mol. The molecule has 1 aliphatic heterocycles. The third-order valence-corrected chi connectivity index (χ3v) is 5.41. The van der Waals surface area contributed by atoms with Crippen molar-refractivity contribution in [1.29, 1.82) is 0 Å².